The van der Waals surface area contributed by atoms with Crippen LogP contribution in [0.3, 0.4) is 0 Å². The number of non-ortho nitro benzene ring substituents is 1. The lowest BCUT2D eigenvalue weighted by atomic mass is 9.95. The minimum Gasteiger partial charge on any atom is -0.463 e. The monoisotopic (exact) mass is 453 g/mol. The number of nitrogens with one attached hydrogen (secondary N) is 3. The smallest absolute Gasteiger partial charge is 0.338 e. The molecule has 1 aromatic heterocycles. The van der Waals surface area contributed by atoms with Gasteiger partial charge in [0, 0.05) is 23.6 Å². The topological polar surface area (TPSA) is 139 Å². The van der Waals surface area contributed by atoms with Gasteiger partial charge in [0.05, 0.1) is 34.2 Å². The minimum absolute atomic E-state index is 0.141. The van der Waals surface area contributed by atoms with Crippen LogP contribution in [0.15, 0.2) is 65.0 Å². The highest BCUT2D eigenvalue weighted by Gasteiger charge is 2.34. The van der Waals surface area contributed by atoms with Gasteiger partial charge in [-0.3, -0.25) is 10.1 Å². The molecule has 2 amide bonds. The number of imidazole rings is 1. The van der Waals surface area contributed by atoms with Gasteiger partial charge in [-0.25, -0.2) is 14.6 Å². The van der Waals surface area contributed by atoms with E-state index in [-0.39, 0.29) is 23.6 Å². The van der Waals surface area contributed by atoms with Crippen molar-refractivity contribution in [2.24, 2.45) is 0 Å². The molecule has 2 aromatic carbocycles. The van der Waals surface area contributed by atoms with Crippen LogP contribution in [0.2, 0.25) is 0 Å². The van der Waals surface area contributed by atoms with E-state index in [0.29, 0.717) is 16.4 Å². The van der Waals surface area contributed by atoms with Crippen LogP contribution in [0, 0.1) is 10.1 Å². The van der Waals surface area contributed by atoms with Crippen LogP contribution in [-0.2, 0) is 9.53 Å². The molecule has 11 heteroatoms. The summed E-state index contributed by atoms with van der Waals surface area (Å²) in [7, 11) is 0. The largest absolute Gasteiger partial charge is 0.463 e. The van der Waals surface area contributed by atoms with E-state index < -0.39 is 23.0 Å². The quantitative estimate of drug-likeness (QED) is 0.215. The zero-order chi connectivity index (χ0) is 22.7. The van der Waals surface area contributed by atoms with E-state index in [4.69, 9.17) is 4.74 Å². The number of amides is 2. The summed E-state index contributed by atoms with van der Waals surface area (Å²) < 4.78 is 5.22. The molecule has 1 aliphatic rings. The summed E-state index contributed by atoms with van der Waals surface area (Å²) in [4.78, 5) is 43.6. The van der Waals surface area contributed by atoms with Gasteiger partial charge in [0.25, 0.3) is 5.69 Å². The molecule has 1 aliphatic heterocycles. The average molecular weight is 453 g/mol. The van der Waals surface area contributed by atoms with Crippen LogP contribution < -0.4 is 10.6 Å². The molecule has 32 heavy (non-hydrogen) atoms. The molecule has 0 bridgehead atoms. The van der Waals surface area contributed by atoms with Crippen LogP contribution in [-0.4, -0.2) is 39.3 Å². The van der Waals surface area contributed by atoms with Crippen molar-refractivity contribution in [2.45, 2.75) is 18.1 Å². The van der Waals surface area contributed by atoms with Crippen LogP contribution >= 0.6 is 11.8 Å². The summed E-state index contributed by atoms with van der Waals surface area (Å²) in [5, 5.41) is 17.2. The molecule has 0 aliphatic carbocycles. The number of hydrogen-bond acceptors (Lipinski definition) is 7. The molecule has 4 rings (SSSR count). The number of para-hydroxylation sites is 2. The fraction of sp³-hybridized carbons (Fsp3) is 0.190. The molecule has 0 saturated heterocycles. The zero-order valence-electron chi connectivity index (χ0n) is 17.0. The van der Waals surface area contributed by atoms with Gasteiger partial charge >= 0.3 is 12.0 Å². The van der Waals surface area contributed by atoms with E-state index in [0.717, 1.165) is 11.0 Å². The first-order valence-corrected chi connectivity index (χ1v) is 10.7. The number of rotatable bonds is 7. The van der Waals surface area contributed by atoms with Crippen molar-refractivity contribution in [2.75, 3.05) is 12.4 Å². The van der Waals surface area contributed by atoms with Crippen molar-refractivity contribution in [3.8, 4) is 0 Å². The number of nitro groups is 1. The Hall–Kier alpha value is -3.86. The van der Waals surface area contributed by atoms with E-state index in [2.05, 4.69) is 20.6 Å². The summed E-state index contributed by atoms with van der Waals surface area (Å²) in [6, 6.07) is 12.0. The number of H-pyrrole nitrogens is 1. The molecule has 164 valence electrons. The summed E-state index contributed by atoms with van der Waals surface area (Å²) >= 11 is 1.32. The first-order valence-electron chi connectivity index (χ1n) is 9.76. The Labute approximate surface area is 186 Å². The van der Waals surface area contributed by atoms with Gasteiger partial charge in [-0.1, -0.05) is 36.0 Å². The van der Waals surface area contributed by atoms with Crippen molar-refractivity contribution in [3.63, 3.8) is 0 Å². The highest BCUT2D eigenvalue weighted by molar-refractivity contribution is 7.99. The Bertz CT molecular complexity index is 1210. The molecule has 3 N–H and O–H groups in total. The van der Waals surface area contributed by atoms with Crippen LogP contribution in [0.5, 0.6) is 0 Å². The molecule has 1 atom stereocenters. The third-order valence-corrected chi connectivity index (χ3v) is 5.68. The van der Waals surface area contributed by atoms with Crippen LogP contribution in [0.1, 0.15) is 18.5 Å². The summed E-state index contributed by atoms with van der Waals surface area (Å²) in [6.45, 7) is 1.82. The third kappa shape index (κ3) is 4.42. The first kappa shape index (κ1) is 21.4. The lowest BCUT2D eigenvalue weighted by Gasteiger charge is -2.29. The number of aromatic amines is 1. The number of carbonyl (C=O) groups is 2. The van der Waals surface area contributed by atoms with E-state index in [1.54, 1.807) is 13.0 Å². The molecule has 0 saturated carbocycles. The van der Waals surface area contributed by atoms with Crippen LogP contribution in [0.25, 0.3) is 11.0 Å². The number of urea groups is 1. The standard InChI is InChI=1S/C21H19N5O5S/c1-2-31-19(27)17-16(11-32-21-23-14-8-3-4-9-15(14)24-21)22-20(28)25-18(17)12-6-5-7-13(10-12)26(29)30/h3-10,18H,2,11H2,1H3,(H,23,24)(H2,22,25,28)/t18-/m1/s1. The third-order valence-electron chi connectivity index (χ3n) is 4.78. The Balaban J connectivity index is 1.70. The molecule has 2 heterocycles. The fourth-order valence-corrected chi connectivity index (χ4v) is 4.24. The van der Waals surface area contributed by atoms with Crippen molar-refractivity contribution < 1.29 is 19.2 Å². The normalized spacial score (nSPS) is 15.9. The maximum absolute atomic E-state index is 12.8. The summed E-state index contributed by atoms with van der Waals surface area (Å²) in [6.07, 6.45) is 0. The zero-order valence-corrected chi connectivity index (χ0v) is 17.8. The number of fused-ring (bicyclic) bond motifs is 1. The molecule has 0 spiro atoms. The number of thioether (sulfide) groups is 1. The molecule has 3 aromatic rings. The van der Waals surface area contributed by atoms with E-state index >= 15 is 0 Å². The Morgan fingerprint density at radius 3 is 2.81 bits per heavy atom. The second-order valence-corrected chi connectivity index (χ2v) is 7.81. The van der Waals surface area contributed by atoms with E-state index in [9.17, 15) is 19.7 Å². The number of ether oxygens (including phenoxy) is 1. The van der Waals surface area contributed by atoms with Crippen LogP contribution in [0.4, 0.5) is 10.5 Å². The van der Waals surface area contributed by atoms with Gasteiger partial charge in [-0.2, -0.15) is 0 Å². The number of hydrogen-bond donors (Lipinski definition) is 3. The van der Waals surface area contributed by atoms with Gasteiger partial charge < -0.3 is 20.4 Å². The van der Waals surface area contributed by atoms with E-state index in [1.165, 1.54) is 30.0 Å². The number of aromatic nitrogens is 2. The fourth-order valence-electron chi connectivity index (χ4n) is 3.39. The molecule has 0 radical (unpaired) electrons. The highest BCUT2D eigenvalue weighted by Crippen LogP contribution is 2.32. The van der Waals surface area contributed by atoms with Crippen molar-refractivity contribution in [1.29, 1.82) is 0 Å². The number of nitrogens with zero attached hydrogens (tertiary/aromatic N) is 2. The molecule has 0 fully saturated rings. The SMILES string of the molecule is CCOC(=O)C1=C(CSc2nc3ccccc3[nH]2)NC(=O)N[C@@H]1c1cccc([N+](=O)[O-])c1. The summed E-state index contributed by atoms with van der Waals surface area (Å²) in [5.41, 5.74) is 2.49. The van der Waals surface area contributed by atoms with Gasteiger partial charge in [0.15, 0.2) is 5.16 Å². The second-order valence-electron chi connectivity index (χ2n) is 6.84. The van der Waals surface area contributed by atoms with Gasteiger partial charge in [-0.15, -0.1) is 0 Å². The lowest BCUT2D eigenvalue weighted by molar-refractivity contribution is -0.384. The van der Waals surface area contributed by atoms with Crippen molar-refractivity contribution in [1.82, 2.24) is 20.6 Å². The van der Waals surface area contributed by atoms with E-state index in [1.807, 2.05) is 24.3 Å². The van der Waals surface area contributed by atoms with Gasteiger partial charge in [0.2, 0.25) is 0 Å². The predicted octanol–water partition coefficient (Wildman–Crippen LogP) is 3.43. The maximum Gasteiger partial charge on any atom is 0.338 e. The molecular weight excluding hydrogens is 434 g/mol. The number of esters is 1. The number of nitro benzene ring substituents is 1. The first-order chi connectivity index (χ1) is 15.5. The average Bonchev–Trinajstić information content (AvgIpc) is 3.20. The van der Waals surface area contributed by atoms with Gasteiger partial charge in [0.1, 0.15) is 0 Å². The molecule has 0 unspecified atom stereocenters. The highest BCUT2D eigenvalue weighted by atomic mass is 32.2. The Morgan fingerprint density at radius 2 is 2.06 bits per heavy atom. The molecular formula is C21H19N5O5S. The van der Waals surface area contributed by atoms with Crippen molar-refractivity contribution in [3.05, 3.63) is 75.5 Å². The Kier molecular flexibility index (Phi) is 6.08. The van der Waals surface area contributed by atoms with Crippen molar-refractivity contribution >= 4 is 40.5 Å². The number of carbonyl (C=O) groups excluding carboxylic acids is 2. The maximum atomic E-state index is 12.8. The summed E-state index contributed by atoms with van der Waals surface area (Å²) in [5.74, 6) is -0.385. The molecule has 10 nitrogen and oxygen atoms in total. The predicted molar refractivity (Wildman–Crippen MR) is 118 cm³/mol. The Morgan fingerprint density at radius 1 is 1.25 bits per heavy atom. The second kappa shape index (κ2) is 9.10. The lowest BCUT2D eigenvalue weighted by Crippen LogP contribution is -2.46. The minimum atomic E-state index is -0.894. The number of benzene rings is 2. The van der Waals surface area contributed by atoms with Gasteiger partial charge in [-0.05, 0) is 24.6 Å².